The third-order valence-electron chi connectivity index (χ3n) is 3.72. The van der Waals surface area contributed by atoms with Crippen LogP contribution in [0.2, 0.25) is 0 Å². The summed E-state index contributed by atoms with van der Waals surface area (Å²) in [6.45, 7) is 2.17. The van der Waals surface area contributed by atoms with Gasteiger partial charge in [0.1, 0.15) is 12.1 Å². The second-order valence-electron chi connectivity index (χ2n) is 5.71. The lowest BCUT2D eigenvalue weighted by Crippen LogP contribution is -2.22. The first-order chi connectivity index (χ1) is 13.8. The molecule has 0 saturated carbocycles. The quantitative estimate of drug-likeness (QED) is 0.624. The fourth-order valence-electron chi connectivity index (χ4n) is 2.55. The Morgan fingerprint density at radius 1 is 1.07 bits per heavy atom. The van der Waals surface area contributed by atoms with Crippen LogP contribution in [0.5, 0.6) is 5.75 Å². The molecular formula is C19H19NO9. The fraction of sp³-hybridized carbons (Fsp3) is 0.316. The maximum absolute atomic E-state index is 12.8. The molecule has 0 aliphatic carbocycles. The zero-order valence-electron chi connectivity index (χ0n) is 15.8. The van der Waals surface area contributed by atoms with Crippen molar-refractivity contribution in [2.45, 2.75) is 20.4 Å². The maximum atomic E-state index is 12.8. The Morgan fingerprint density at radius 3 is 2.38 bits per heavy atom. The number of hydrogen-bond acceptors (Lipinski definition) is 8. The van der Waals surface area contributed by atoms with E-state index in [1.54, 1.807) is 13.8 Å². The van der Waals surface area contributed by atoms with E-state index in [-0.39, 0.29) is 29.9 Å². The standard InChI is InChI=1S/C19H19NO9/c1-3-27-17(24)10-29-15-7-11-13(5-6-14(15)21)20(9-16(22)23)8-12(18(11)25)19(26)28-4-2/h5-8H,3-4,9-10H2,1-2H3,(H,22,23). The molecule has 0 atom stereocenters. The Kier molecular flexibility index (Phi) is 7.07. The Labute approximate surface area is 164 Å². The first kappa shape index (κ1) is 21.6. The number of carboxylic acid groups (broad SMARTS) is 1. The number of aliphatic carboxylic acids is 1. The number of fused-ring (bicyclic) bond motifs is 1. The molecule has 2 aromatic rings. The molecule has 10 nitrogen and oxygen atoms in total. The minimum atomic E-state index is -1.22. The molecule has 10 heteroatoms. The van der Waals surface area contributed by atoms with Gasteiger partial charge in [-0.15, -0.1) is 0 Å². The molecule has 1 N–H and O–H groups in total. The van der Waals surface area contributed by atoms with Crippen LogP contribution in [0.3, 0.4) is 0 Å². The number of carboxylic acids is 1. The summed E-state index contributed by atoms with van der Waals surface area (Å²) in [6.07, 6.45) is 1.07. The average Bonchev–Trinajstić information content (AvgIpc) is 2.82. The predicted octanol–water partition coefficient (Wildman–Crippen LogP) is 0.565. The molecule has 1 aromatic heterocycles. The second kappa shape index (κ2) is 9.49. The molecule has 0 aliphatic heterocycles. The molecule has 2 rings (SSSR count). The first-order valence-corrected chi connectivity index (χ1v) is 8.67. The summed E-state index contributed by atoms with van der Waals surface area (Å²) in [7, 11) is 0. The number of carbonyl (C=O) groups excluding carboxylic acids is 2. The van der Waals surface area contributed by atoms with Crippen LogP contribution in [-0.2, 0) is 25.6 Å². The number of esters is 2. The molecule has 0 aliphatic rings. The maximum Gasteiger partial charge on any atom is 0.344 e. The Hall–Kier alpha value is -3.69. The molecule has 1 heterocycles. The summed E-state index contributed by atoms with van der Waals surface area (Å²) in [5.41, 5.74) is -1.72. The van der Waals surface area contributed by atoms with E-state index in [0.717, 1.165) is 22.9 Å². The van der Waals surface area contributed by atoms with E-state index in [2.05, 4.69) is 0 Å². The van der Waals surface area contributed by atoms with Gasteiger partial charge in [-0.1, -0.05) is 0 Å². The Morgan fingerprint density at radius 2 is 1.76 bits per heavy atom. The summed E-state index contributed by atoms with van der Waals surface area (Å²) >= 11 is 0. The van der Waals surface area contributed by atoms with Crippen molar-refractivity contribution in [3.05, 3.63) is 50.4 Å². The second-order valence-corrected chi connectivity index (χ2v) is 5.71. The molecule has 1 aromatic carbocycles. The van der Waals surface area contributed by atoms with E-state index in [1.165, 1.54) is 6.07 Å². The zero-order valence-corrected chi connectivity index (χ0v) is 15.8. The average molecular weight is 405 g/mol. The van der Waals surface area contributed by atoms with Crippen LogP contribution in [0, 0.1) is 0 Å². The Bertz CT molecular complexity index is 1070. The van der Waals surface area contributed by atoms with E-state index >= 15 is 0 Å². The van der Waals surface area contributed by atoms with Crippen LogP contribution in [0.1, 0.15) is 24.2 Å². The van der Waals surface area contributed by atoms with Gasteiger partial charge in [0, 0.05) is 6.20 Å². The van der Waals surface area contributed by atoms with Crippen molar-refractivity contribution < 1.29 is 33.7 Å². The van der Waals surface area contributed by atoms with Crippen LogP contribution < -0.4 is 15.6 Å². The molecule has 0 fully saturated rings. The molecule has 0 radical (unpaired) electrons. The van der Waals surface area contributed by atoms with Gasteiger partial charge < -0.3 is 23.9 Å². The lowest BCUT2D eigenvalue weighted by molar-refractivity contribution is -0.145. The summed E-state index contributed by atoms with van der Waals surface area (Å²) < 4.78 is 15.9. The van der Waals surface area contributed by atoms with Gasteiger partial charge in [0.25, 0.3) is 0 Å². The van der Waals surface area contributed by atoms with E-state index in [9.17, 15) is 24.0 Å². The van der Waals surface area contributed by atoms with Crippen molar-refractivity contribution in [1.29, 1.82) is 0 Å². The number of nitrogens with zero attached hydrogens (tertiary/aromatic N) is 1. The van der Waals surface area contributed by atoms with Crippen LogP contribution in [0.4, 0.5) is 0 Å². The molecule has 0 amide bonds. The van der Waals surface area contributed by atoms with Gasteiger partial charge in [0.15, 0.2) is 12.4 Å². The highest BCUT2D eigenvalue weighted by atomic mass is 16.6. The van der Waals surface area contributed by atoms with Crippen LogP contribution in [0.15, 0.2) is 34.0 Å². The van der Waals surface area contributed by atoms with Crippen molar-refractivity contribution in [3.63, 3.8) is 0 Å². The van der Waals surface area contributed by atoms with Crippen LogP contribution in [-0.4, -0.2) is 47.4 Å². The number of hydrogen-bond donors (Lipinski definition) is 1. The van der Waals surface area contributed by atoms with Gasteiger partial charge in [0.05, 0.1) is 24.1 Å². The molecular weight excluding hydrogens is 386 g/mol. The third kappa shape index (κ3) is 5.18. The molecule has 0 unspecified atom stereocenters. The van der Waals surface area contributed by atoms with Crippen molar-refractivity contribution in [2.75, 3.05) is 19.8 Å². The number of rotatable bonds is 8. The van der Waals surface area contributed by atoms with Crippen molar-refractivity contribution in [3.8, 4) is 5.75 Å². The fourth-order valence-corrected chi connectivity index (χ4v) is 2.55. The summed E-state index contributed by atoms with van der Waals surface area (Å²) in [4.78, 5) is 59.9. The van der Waals surface area contributed by atoms with Gasteiger partial charge in [-0.3, -0.25) is 14.4 Å². The molecule has 29 heavy (non-hydrogen) atoms. The number of carbonyl (C=O) groups is 3. The van der Waals surface area contributed by atoms with Crippen molar-refractivity contribution in [2.24, 2.45) is 0 Å². The van der Waals surface area contributed by atoms with Crippen LogP contribution in [0.25, 0.3) is 10.9 Å². The van der Waals surface area contributed by atoms with Gasteiger partial charge in [-0.05, 0) is 32.0 Å². The van der Waals surface area contributed by atoms with E-state index in [4.69, 9.17) is 19.3 Å². The van der Waals surface area contributed by atoms with Crippen molar-refractivity contribution >= 4 is 28.8 Å². The number of pyridine rings is 1. The van der Waals surface area contributed by atoms with Gasteiger partial charge >= 0.3 is 17.9 Å². The zero-order chi connectivity index (χ0) is 21.6. The molecule has 0 bridgehead atoms. The molecule has 0 spiro atoms. The smallest absolute Gasteiger partial charge is 0.344 e. The monoisotopic (exact) mass is 405 g/mol. The minimum absolute atomic E-state index is 0.0103. The topological polar surface area (TPSA) is 138 Å². The van der Waals surface area contributed by atoms with E-state index in [0.29, 0.717) is 0 Å². The number of aromatic nitrogens is 1. The first-order valence-electron chi connectivity index (χ1n) is 8.67. The SMILES string of the molecule is CCOC(=O)COc1cc2c(=O)c(C(=O)OCC)cn(CC(=O)O)c2ccc1=O. The molecule has 0 saturated heterocycles. The lowest BCUT2D eigenvalue weighted by atomic mass is 10.1. The van der Waals surface area contributed by atoms with Crippen molar-refractivity contribution in [1.82, 2.24) is 4.57 Å². The summed E-state index contributed by atoms with van der Waals surface area (Å²) in [5, 5.41) is 9.00. The van der Waals surface area contributed by atoms with Gasteiger partial charge in [-0.25, -0.2) is 9.59 Å². The third-order valence-corrected chi connectivity index (χ3v) is 3.72. The lowest BCUT2D eigenvalue weighted by Gasteiger charge is -2.10. The predicted molar refractivity (Wildman–Crippen MR) is 100 cm³/mol. The highest BCUT2D eigenvalue weighted by Crippen LogP contribution is 2.15. The van der Waals surface area contributed by atoms with E-state index < -0.39 is 47.5 Å². The summed E-state index contributed by atoms with van der Waals surface area (Å²) in [5.74, 6) is -3.19. The summed E-state index contributed by atoms with van der Waals surface area (Å²) in [6, 6.07) is 3.39. The highest BCUT2D eigenvalue weighted by molar-refractivity contribution is 5.94. The Balaban J connectivity index is 2.71. The highest BCUT2D eigenvalue weighted by Gasteiger charge is 2.18. The van der Waals surface area contributed by atoms with Gasteiger partial charge in [0.2, 0.25) is 10.9 Å². The van der Waals surface area contributed by atoms with Gasteiger partial charge in [-0.2, -0.15) is 0 Å². The number of ether oxygens (including phenoxy) is 3. The molecule has 154 valence electrons. The normalized spacial score (nSPS) is 10.4. The minimum Gasteiger partial charge on any atom is -0.480 e. The van der Waals surface area contributed by atoms with Crippen LogP contribution >= 0.6 is 0 Å². The largest absolute Gasteiger partial charge is 0.480 e. The van der Waals surface area contributed by atoms with E-state index in [1.807, 2.05) is 0 Å².